The van der Waals surface area contributed by atoms with Crippen LogP contribution in [0.2, 0.25) is 5.02 Å². The number of hydrogen-bond donors (Lipinski definition) is 1. The fraction of sp³-hybridized carbons (Fsp3) is 0.409. The minimum Gasteiger partial charge on any atom is -0.493 e. The monoisotopic (exact) mass is 405 g/mol. The van der Waals surface area contributed by atoms with E-state index in [4.69, 9.17) is 25.8 Å². The molecule has 0 aromatic heterocycles. The Labute approximate surface area is 171 Å². The first-order valence-corrected chi connectivity index (χ1v) is 9.94. The average molecular weight is 406 g/mol. The molecule has 152 valence electrons. The van der Waals surface area contributed by atoms with Crippen molar-refractivity contribution in [3.05, 3.63) is 53.1 Å². The summed E-state index contributed by atoms with van der Waals surface area (Å²) in [5.41, 5.74) is 1.14. The predicted octanol–water partition coefficient (Wildman–Crippen LogP) is 4.65. The standard InChI is InChI=1S/C22H28ClNO4/c1-4-19(28-18-10-6-9-17(23)15-18)22(25)24-13-7-8-16-11-12-20(27-5-2)21(14-16)26-3/h6,9-12,14-15,19H,4-5,7-8,13H2,1-3H3,(H,24,25). The largest absolute Gasteiger partial charge is 0.493 e. The van der Waals surface area contributed by atoms with Gasteiger partial charge in [-0.15, -0.1) is 0 Å². The lowest BCUT2D eigenvalue weighted by Crippen LogP contribution is -2.38. The average Bonchev–Trinajstić information content (AvgIpc) is 2.70. The number of carbonyl (C=O) groups excluding carboxylic acids is 1. The molecule has 0 aliphatic carbocycles. The Kier molecular flexibility index (Phi) is 8.95. The lowest BCUT2D eigenvalue weighted by Gasteiger charge is -2.17. The maximum Gasteiger partial charge on any atom is 0.261 e. The van der Waals surface area contributed by atoms with Gasteiger partial charge in [0.25, 0.3) is 5.91 Å². The SMILES string of the molecule is CCOc1ccc(CCCNC(=O)C(CC)Oc2cccc(Cl)c2)cc1OC. The molecule has 2 aromatic rings. The molecule has 1 N–H and O–H groups in total. The maximum atomic E-state index is 12.4. The summed E-state index contributed by atoms with van der Waals surface area (Å²) < 4.78 is 16.7. The number of rotatable bonds is 11. The van der Waals surface area contributed by atoms with E-state index >= 15 is 0 Å². The number of methoxy groups -OCH3 is 1. The van der Waals surface area contributed by atoms with Gasteiger partial charge >= 0.3 is 0 Å². The second kappa shape index (κ2) is 11.4. The van der Waals surface area contributed by atoms with Crippen LogP contribution >= 0.6 is 11.6 Å². The van der Waals surface area contributed by atoms with Crippen molar-refractivity contribution in [2.24, 2.45) is 0 Å². The van der Waals surface area contributed by atoms with E-state index < -0.39 is 6.10 Å². The minimum atomic E-state index is -0.538. The van der Waals surface area contributed by atoms with Crippen molar-refractivity contribution in [1.82, 2.24) is 5.32 Å². The van der Waals surface area contributed by atoms with Gasteiger partial charge in [-0.1, -0.05) is 30.7 Å². The van der Waals surface area contributed by atoms with E-state index in [-0.39, 0.29) is 5.91 Å². The van der Waals surface area contributed by atoms with Gasteiger partial charge in [0, 0.05) is 11.6 Å². The van der Waals surface area contributed by atoms with Crippen molar-refractivity contribution in [1.29, 1.82) is 0 Å². The smallest absolute Gasteiger partial charge is 0.261 e. The molecular weight excluding hydrogens is 378 g/mol. The molecule has 0 bridgehead atoms. The van der Waals surface area contributed by atoms with Crippen LogP contribution in [0, 0.1) is 0 Å². The minimum absolute atomic E-state index is 0.119. The van der Waals surface area contributed by atoms with Gasteiger partial charge in [-0.05, 0) is 62.1 Å². The topological polar surface area (TPSA) is 56.8 Å². The number of hydrogen-bond acceptors (Lipinski definition) is 4. The number of halogens is 1. The van der Waals surface area contributed by atoms with E-state index in [0.29, 0.717) is 30.3 Å². The van der Waals surface area contributed by atoms with Crippen LogP contribution in [0.4, 0.5) is 0 Å². The summed E-state index contributed by atoms with van der Waals surface area (Å²) in [6.07, 6.45) is 1.68. The molecule has 0 saturated heterocycles. The molecule has 0 aliphatic heterocycles. The van der Waals surface area contributed by atoms with Gasteiger partial charge in [0.1, 0.15) is 5.75 Å². The van der Waals surface area contributed by atoms with Gasteiger partial charge in [0.15, 0.2) is 17.6 Å². The number of benzene rings is 2. The molecule has 2 aromatic carbocycles. The first kappa shape index (κ1) is 21.9. The van der Waals surface area contributed by atoms with Crippen molar-refractivity contribution in [3.63, 3.8) is 0 Å². The quantitative estimate of drug-likeness (QED) is 0.552. The third kappa shape index (κ3) is 6.64. The second-order valence-electron chi connectivity index (χ2n) is 6.28. The molecule has 1 amide bonds. The summed E-state index contributed by atoms with van der Waals surface area (Å²) in [4.78, 5) is 12.4. The van der Waals surface area contributed by atoms with E-state index in [1.54, 1.807) is 31.4 Å². The zero-order valence-corrected chi connectivity index (χ0v) is 17.4. The Morgan fingerprint density at radius 2 is 1.96 bits per heavy atom. The zero-order valence-electron chi connectivity index (χ0n) is 16.7. The van der Waals surface area contributed by atoms with Crippen LogP contribution in [-0.4, -0.2) is 32.3 Å². The van der Waals surface area contributed by atoms with E-state index in [0.717, 1.165) is 29.9 Å². The first-order chi connectivity index (χ1) is 13.6. The third-order valence-corrected chi connectivity index (χ3v) is 4.44. The van der Waals surface area contributed by atoms with E-state index in [2.05, 4.69) is 5.32 Å². The number of aryl methyl sites for hydroxylation is 1. The van der Waals surface area contributed by atoms with Crippen molar-refractivity contribution in [2.45, 2.75) is 39.2 Å². The predicted molar refractivity (Wildman–Crippen MR) is 112 cm³/mol. The molecule has 2 rings (SSSR count). The summed E-state index contributed by atoms with van der Waals surface area (Å²) in [5, 5.41) is 3.53. The Hall–Kier alpha value is -2.40. The molecule has 0 aliphatic rings. The number of ether oxygens (including phenoxy) is 3. The summed E-state index contributed by atoms with van der Waals surface area (Å²) >= 11 is 5.96. The molecule has 0 spiro atoms. The maximum absolute atomic E-state index is 12.4. The highest BCUT2D eigenvalue weighted by Gasteiger charge is 2.18. The van der Waals surface area contributed by atoms with Crippen molar-refractivity contribution in [3.8, 4) is 17.2 Å². The summed E-state index contributed by atoms with van der Waals surface area (Å²) in [6, 6.07) is 13.0. The highest BCUT2D eigenvalue weighted by Crippen LogP contribution is 2.28. The molecule has 0 heterocycles. The highest BCUT2D eigenvalue weighted by molar-refractivity contribution is 6.30. The van der Waals surface area contributed by atoms with Crippen molar-refractivity contribution in [2.75, 3.05) is 20.3 Å². The molecule has 0 fully saturated rings. The van der Waals surface area contributed by atoms with Gasteiger partial charge in [-0.25, -0.2) is 0 Å². The Balaban J connectivity index is 1.81. The van der Waals surface area contributed by atoms with Gasteiger partial charge in [-0.3, -0.25) is 4.79 Å². The molecule has 6 heteroatoms. The molecule has 28 heavy (non-hydrogen) atoms. The highest BCUT2D eigenvalue weighted by atomic mass is 35.5. The fourth-order valence-corrected chi connectivity index (χ4v) is 2.97. The Bertz CT molecular complexity index is 766. The second-order valence-corrected chi connectivity index (χ2v) is 6.72. The Morgan fingerprint density at radius 3 is 2.64 bits per heavy atom. The number of nitrogens with one attached hydrogen (secondary N) is 1. The van der Waals surface area contributed by atoms with Gasteiger partial charge < -0.3 is 19.5 Å². The van der Waals surface area contributed by atoms with Crippen molar-refractivity contribution < 1.29 is 19.0 Å². The summed E-state index contributed by atoms with van der Waals surface area (Å²) in [5.74, 6) is 1.94. The van der Waals surface area contributed by atoms with Crippen molar-refractivity contribution >= 4 is 17.5 Å². The fourth-order valence-electron chi connectivity index (χ4n) is 2.79. The Morgan fingerprint density at radius 1 is 1.14 bits per heavy atom. The molecule has 1 atom stereocenters. The van der Waals surface area contributed by atoms with Crippen LogP contribution in [-0.2, 0) is 11.2 Å². The summed E-state index contributed by atoms with van der Waals surface area (Å²) in [7, 11) is 1.63. The lowest BCUT2D eigenvalue weighted by atomic mass is 10.1. The van der Waals surface area contributed by atoms with E-state index in [1.165, 1.54) is 0 Å². The van der Waals surface area contributed by atoms with E-state index in [9.17, 15) is 4.79 Å². The normalized spacial score (nSPS) is 11.6. The van der Waals surface area contributed by atoms with Crippen LogP contribution < -0.4 is 19.5 Å². The molecule has 0 radical (unpaired) electrons. The molecule has 1 unspecified atom stereocenters. The van der Waals surface area contributed by atoms with Gasteiger partial charge in [0.05, 0.1) is 13.7 Å². The first-order valence-electron chi connectivity index (χ1n) is 9.57. The van der Waals surface area contributed by atoms with E-state index in [1.807, 2.05) is 32.0 Å². The van der Waals surface area contributed by atoms with Crippen LogP contribution in [0.25, 0.3) is 0 Å². The van der Waals surface area contributed by atoms with Crippen LogP contribution in [0.15, 0.2) is 42.5 Å². The molecule has 0 saturated carbocycles. The molecular formula is C22H28ClNO4. The number of amides is 1. The lowest BCUT2D eigenvalue weighted by molar-refractivity contribution is -0.128. The van der Waals surface area contributed by atoms with Crippen LogP contribution in [0.1, 0.15) is 32.3 Å². The van der Waals surface area contributed by atoms with Crippen LogP contribution in [0.3, 0.4) is 0 Å². The van der Waals surface area contributed by atoms with Gasteiger partial charge in [0.2, 0.25) is 0 Å². The zero-order chi connectivity index (χ0) is 20.4. The molecule has 5 nitrogen and oxygen atoms in total. The van der Waals surface area contributed by atoms with Gasteiger partial charge in [-0.2, -0.15) is 0 Å². The summed E-state index contributed by atoms with van der Waals surface area (Å²) in [6.45, 7) is 5.03. The number of carbonyl (C=O) groups is 1. The van der Waals surface area contributed by atoms with Crippen LogP contribution in [0.5, 0.6) is 17.2 Å². The third-order valence-electron chi connectivity index (χ3n) is 4.21.